The van der Waals surface area contributed by atoms with Gasteiger partial charge < -0.3 is 9.67 Å². The van der Waals surface area contributed by atoms with E-state index in [1.54, 1.807) is 12.1 Å². The lowest BCUT2D eigenvalue weighted by Gasteiger charge is -2.21. The minimum atomic E-state index is -3.10. The molecular weight excluding hydrogens is 438 g/mol. The Balaban J connectivity index is 1.68. The lowest BCUT2D eigenvalue weighted by atomic mass is 9.98. The molecule has 0 saturated carbocycles. The van der Waals surface area contributed by atoms with Gasteiger partial charge in [0.1, 0.15) is 9.84 Å². The van der Waals surface area contributed by atoms with Crippen LogP contribution < -0.4 is 0 Å². The molecule has 3 heterocycles. The van der Waals surface area contributed by atoms with Crippen molar-refractivity contribution in [2.24, 2.45) is 0 Å². The number of benzene rings is 1. The van der Waals surface area contributed by atoms with Gasteiger partial charge in [0.2, 0.25) is 0 Å². The Morgan fingerprint density at radius 1 is 1.27 bits per heavy atom. The number of carbonyl (C=O) groups excluding carboxylic acids is 1. The van der Waals surface area contributed by atoms with E-state index in [-0.39, 0.29) is 42.2 Å². The summed E-state index contributed by atoms with van der Waals surface area (Å²) in [6.07, 6.45) is 4.02. The van der Waals surface area contributed by atoms with Gasteiger partial charge in [-0.1, -0.05) is 6.92 Å². The van der Waals surface area contributed by atoms with Gasteiger partial charge in [0.05, 0.1) is 30.0 Å². The van der Waals surface area contributed by atoms with E-state index in [4.69, 9.17) is 5.26 Å². The molecule has 1 N–H and O–H groups in total. The van der Waals surface area contributed by atoms with Gasteiger partial charge in [-0.15, -0.1) is 0 Å². The van der Waals surface area contributed by atoms with Crippen LogP contribution in [0.15, 0.2) is 30.3 Å². The smallest absolute Gasteiger partial charge is 0.178 e. The highest BCUT2D eigenvalue weighted by Crippen LogP contribution is 2.38. The maximum absolute atomic E-state index is 13.4. The zero-order valence-corrected chi connectivity index (χ0v) is 20.2. The molecule has 2 aromatic rings. The lowest BCUT2D eigenvalue weighted by molar-refractivity contribution is 0.0873. The second-order valence-corrected chi connectivity index (χ2v) is 11.8. The molecule has 4 atom stereocenters. The van der Waals surface area contributed by atoms with E-state index < -0.39 is 9.84 Å². The summed E-state index contributed by atoms with van der Waals surface area (Å²) in [5.41, 5.74) is 3.70. The molecule has 33 heavy (non-hydrogen) atoms. The number of hydrogen-bond acceptors (Lipinski definition) is 6. The third kappa shape index (κ3) is 4.77. The quantitative estimate of drug-likeness (QED) is 0.596. The third-order valence-electron chi connectivity index (χ3n) is 7.23. The number of nitriles is 1. The molecule has 8 heteroatoms. The molecule has 3 unspecified atom stereocenters. The summed E-state index contributed by atoms with van der Waals surface area (Å²) in [7, 11) is -3.10. The van der Waals surface area contributed by atoms with Crippen molar-refractivity contribution in [3.63, 3.8) is 0 Å². The van der Waals surface area contributed by atoms with E-state index in [0.717, 1.165) is 36.3 Å². The van der Waals surface area contributed by atoms with Gasteiger partial charge >= 0.3 is 0 Å². The number of sulfone groups is 1. The van der Waals surface area contributed by atoms with Crippen LogP contribution >= 0.6 is 0 Å². The number of aliphatic hydroxyl groups excluding tert-OH is 1. The first kappa shape index (κ1) is 23.7. The van der Waals surface area contributed by atoms with Crippen LogP contribution in [0, 0.1) is 18.3 Å². The number of fused-ring (bicyclic) bond motifs is 2. The Morgan fingerprint density at radius 2 is 1.97 bits per heavy atom. The van der Waals surface area contributed by atoms with Crippen LogP contribution in [0.2, 0.25) is 0 Å². The predicted molar refractivity (Wildman–Crippen MR) is 126 cm³/mol. The van der Waals surface area contributed by atoms with Crippen LogP contribution in [0.1, 0.15) is 65.8 Å². The van der Waals surface area contributed by atoms with Crippen LogP contribution in [0.4, 0.5) is 0 Å². The molecule has 0 aliphatic carbocycles. The van der Waals surface area contributed by atoms with E-state index in [9.17, 15) is 18.3 Å². The van der Waals surface area contributed by atoms with E-state index >= 15 is 0 Å². The van der Waals surface area contributed by atoms with Crippen LogP contribution in [-0.4, -0.2) is 65.5 Å². The van der Waals surface area contributed by atoms with E-state index in [2.05, 4.69) is 11.0 Å². The largest absolute Gasteiger partial charge is 0.391 e. The first-order valence-corrected chi connectivity index (χ1v) is 13.5. The minimum Gasteiger partial charge on any atom is -0.391 e. The van der Waals surface area contributed by atoms with Crippen molar-refractivity contribution in [2.75, 3.05) is 18.6 Å². The fraction of sp³-hybridized carbons (Fsp3) is 0.520. The van der Waals surface area contributed by atoms with Crippen molar-refractivity contribution < 1.29 is 18.3 Å². The molecular formula is C25H31N3O4S. The average Bonchev–Trinajstić information content (AvgIpc) is 3.41. The molecule has 2 aliphatic rings. The van der Waals surface area contributed by atoms with Crippen molar-refractivity contribution in [1.29, 1.82) is 5.26 Å². The summed E-state index contributed by atoms with van der Waals surface area (Å²) < 4.78 is 25.5. The van der Waals surface area contributed by atoms with Crippen molar-refractivity contribution >= 4 is 15.6 Å². The lowest BCUT2D eigenvalue weighted by Crippen LogP contribution is -2.36. The molecule has 2 saturated heterocycles. The number of ketones is 1. The molecule has 0 spiro atoms. The topological polar surface area (TPSA) is 103 Å². The summed E-state index contributed by atoms with van der Waals surface area (Å²) in [5, 5.41) is 19.4. The van der Waals surface area contributed by atoms with Crippen molar-refractivity contribution in [2.45, 2.75) is 63.6 Å². The second-order valence-electron chi connectivity index (χ2n) is 9.58. The number of nitrogens with zero attached hydrogens (tertiary/aromatic N) is 3. The van der Waals surface area contributed by atoms with Crippen LogP contribution in [0.3, 0.4) is 0 Å². The van der Waals surface area contributed by atoms with Gasteiger partial charge in [0.25, 0.3) is 0 Å². The number of hydrogen-bond donors (Lipinski definition) is 1. The zero-order chi connectivity index (χ0) is 23.9. The Morgan fingerprint density at radius 3 is 2.52 bits per heavy atom. The average molecular weight is 470 g/mol. The monoisotopic (exact) mass is 469 g/mol. The molecule has 4 rings (SSSR count). The molecule has 2 bridgehead atoms. The zero-order valence-electron chi connectivity index (χ0n) is 19.4. The standard InChI is InChI=1S/C25H31N3O4S/c1-16(10-11-33(3,31)32)23-13-21(17(2)28(23)19-6-4-18(14-26)5-7-19)25(30)15-27-20-8-9-22(27)24(29)12-20/h4-7,13,16,20,22,24,29H,8-12,15H2,1-3H3/t16?,20?,22?,24-/m0/s1. The highest BCUT2D eigenvalue weighted by Gasteiger charge is 2.46. The summed E-state index contributed by atoms with van der Waals surface area (Å²) in [6, 6.07) is 11.5. The van der Waals surface area contributed by atoms with Gasteiger partial charge in [-0.25, -0.2) is 8.42 Å². The number of aromatic nitrogens is 1. The molecule has 2 fully saturated rings. The molecule has 2 aliphatic heterocycles. The first-order chi connectivity index (χ1) is 15.6. The highest BCUT2D eigenvalue weighted by atomic mass is 32.2. The van der Waals surface area contributed by atoms with E-state index in [1.807, 2.05) is 36.6 Å². The fourth-order valence-electron chi connectivity index (χ4n) is 5.41. The number of carbonyl (C=O) groups is 1. The Labute approximate surface area is 195 Å². The number of Topliss-reactive ketones (excluding diaryl/α,β-unsaturated/α-hetero) is 1. The molecule has 1 aromatic carbocycles. The SMILES string of the molecule is Cc1c(C(=O)CN2C3CCC2[C@@H](O)C3)cc(C(C)CCS(C)(=O)=O)n1-c1ccc(C#N)cc1. The van der Waals surface area contributed by atoms with Crippen molar-refractivity contribution in [3.05, 3.63) is 52.8 Å². The van der Waals surface area contributed by atoms with Gasteiger partial charge in [-0.05, 0) is 68.9 Å². The van der Waals surface area contributed by atoms with Crippen LogP contribution in [0.5, 0.6) is 0 Å². The first-order valence-electron chi connectivity index (χ1n) is 11.5. The summed E-state index contributed by atoms with van der Waals surface area (Å²) in [6.45, 7) is 4.17. The number of rotatable bonds is 8. The van der Waals surface area contributed by atoms with Gasteiger partial charge in [-0.2, -0.15) is 5.26 Å². The third-order valence-corrected chi connectivity index (χ3v) is 8.21. The van der Waals surface area contributed by atoms with Gasteiger partial charge in [0, 0.05) is 41.0 Å². The summed E-state index contributed by atoms with van der Waals surface area (Å²) in [5.74, 6) is 0.00669. The Kier molecular flexibility index (Phi) is 6.50. The predicted octanol–water partition coefficient (Wildman–Crippen LogP) is 2.98. The molecule has 176 valence electrons. The summed E-state index contributed by atoms with van der Waals surface area (Å²) in [4.78, 5) is 15.6. The number of aliphatic hydroxyl groups is 1. The maximum atomic E-state index is 13.4. The van der Waals surface area contributed by atoms with Crippen molar-refractivity contribution in [1.82, 2.24) is 9.47 Å². The highest BCUT2D eigenvalue weighted by molar-refractivity contribution is 7.90. The normalized spacial score (nSPS) is 23.5. The molecule has 1 aromatic heterocycles. The second kappa shape index (κ2) is 9.05. The maximum Gasteiger partial charge on any atom is 0.178 e. The molecule has 7 nitrogen and oxygen atoms in total. The Hall–Kier alpha value is -2.47. The van der Waals surface area contributed by atoms with Crippen LogP contribution in [0.25, 0.3) is 5.69 Å². The van der Waals surface area contributed by atoms with Gasteiger partial charge in [-0.3, -0.25) is 9.69 Å². The minimum absolute atomic E-state index is 0.0162. The van der Waals surface area contributed by atoms with E-state index in [1.165, 1.54) is 6.26 Å². The fourth-order valence-corrected chi connectivity index (χ4v) is 6.19. The van der Waals surface area contributed by atoms with Gasteiger partial charge in [0.15, 0.2) is 5.78 Å². The molecule has 0 amide bonds. The van der Waals surface area contributed by atoms with E-state index in [0.29, 0.717) is 17.5 Å². The summed E-state index contributed by atoms with van der Waals surface area (Å²) >= 11 is 0. The van der Waals surface area contributed by atoms with Crippen molar-refractivity contribution in [3.8, 4) is 11.8 Å². The molecule has 0 radical (unpaired) electrons. The van der Waals surface area contributed by atoms with Crippen LogP contribution in [-0.2, 0) is 9.84 Å². The Bertz CT molecular complexity index is 1190.